The van der Waals surface area contributed by atoms with Gasteiger partial charge in [-0.25, -0.2) is 0 Å². The number of hydrogen-bond donors (Lipinski definition) is 1. The first kappa shape index (κ1) is 15.4. The lowest BCUT2D eigenvalue weighted by Crippen LogP contribution is -2.27. The van der Waals surface area contributed by atoms with Crippen molar-refractivity contribution in [2.24, 2.45) is 11.8 Å². The summed E-state index contributed by atoms with van der Waals surface area (Å²) in [6, 6.07) is 6.25. The number of benzene rings is 1. The SMILES string of the molecule is CC(CNC1CC1)C(C)Cc1ccc(C(F)(F)F)cc1. The Morgan fingerprint density at radius 3 is 2.20 bits per heavy atom. The van der Waals surface area contributed by atoms with E-state index in [-0.39, 0.29) is 0 Å². The zero-order chi connectivity index (χ0) is 14.8. The van der Waals surface area contributed by atoms with Crippen LogP contribution >= 0.6 is 0 Å². The molecular weight excluding hydrogens is 263 g/mol. The summed E-state index contributed by atoms with van der Waals surface area (Å²) in [7, 11) is 0. The van der Waals surface area contributed by atoms with E-state index in [4.69, 9.17) is 0 Å². The number of alkyl halides is 3. The second-order valence-corrected chi connectivity index (χ2v) is 6.04. The Balaban J connectivity index is 1.84. The fraction of sp³-hybridized carbons (Fsp3) is 0.625. The smallest absolute Gasteiger partial charge is 0.314 e. The zero-order valence-electron chi connectivity index (χ0n) is 12.0. The van der Waals surface area contributed by atoms with Crippen LogP contribution in [0.2, 0.25) is 0 Å². The van der Waals surface area contributed by atoms with Crippen LogP contribution in [0.15, 0.2) is 24.3 Å². The van der Waals surface area contributed by atoms with Crippen molar-refractivity contribution in [2.75, 3.05) is 6.54 Å². The molecule has 1 nitrogen and oxygen atoms in total. The summed E-state index contributed by atoms with van der Waals surface area (Å²) >= 11 is 0. The third kappa shape index (κ3) is 4.51. The van der Waals surface area contributed by atoms with Crippen LogP contribution < -0.4 is 5.32 Å². The lowest BCUT2D eigenvalue weighted by atomic mass is 9.89. The molecule has 0 aliphatic heterocycles. The second kappa shape index (κ2) is 6.17. The molecular formula is C16H22F3N. The van der Waals surface area contributed by atoms with E-state index in [0.29, 0.717) is 17.9 Å². The molecule has 0 saturated heterocycles. The average Bonchev–Trinajstić information content (AvgIpc) is 3.19. The third-order valence-corrected chi connectivity index (χ3v) is 4.12. The highest BCUT2D eigenvalue weighted by Gasteiger charge is 2.30. The van der Waals surface area contributed by atoms with Gasteiger partial charge in [-0.3, -0.25) is 0 Å². The quantitative estimate of drug-likeness (QED) is 0.823. The molecule has 2 unspecified atom stereocenters. The number of rotatable bonds is 6. The van der Waals surface area contributed by atoms with E-state index in [1.165, 1.54) is 25.0 Å². The minimum absolute atomic E-state index is 0.456. The summed E-state index contributed by atoms with van der Waals surface area (Å²) in [5.74, 6) is 0.982. The predicted octanol–water partition coefficient (Wildman–Crippen LogP) is 4.27. The number of nitrogens with one attached hydrogen (secondary N) is 1. The van der Waals surface area contributed by atoms with E-state index >= 15 is 0 Å². The lowest BCUT2D eigenvalue weighted by molar-refractivity contribution is -0.137. The Labute approximate surface area is 118 Å². The minimum Gasteiger partial charge on any atom is -0.314 e. The number of halogens is 3. The third-order valence-electron chi connectivity index (χ3n) is 4.12. The molecule has 4 heteroatoms. The van der Waals surface area contributed by atoms with Crippen LogP contribution in [0.5, 0.6) is 0 Å². The standard InChI is InChI=1S/C16H22F3N/c1-11(12(2)10-20-15-7-8-15)9-13-3-5-14(6-4-13)16(17,18)19/h3-6,11-12,15,20H,7-10H2,1-2H3. The van der Waals surface area contributed by atoms with E-state index in [9.17, 15) is 13.2 Å². The molecule has 1 N–H and O–H groups in total. The van der Waals surface area contributed by atoms with Crippen LogP contribution in [0.3, 0.4) is 0 Å². The van der Waals surface area contributed by atoms with Gasteiger partial charge in [0, 0.05) is 6.04 Å². The summed E-state index contributed by atoms with van der Waals surface area (Å²) in [5.41, 5.74) is 0.404. The topological polar surface area (TPSA) is 12.0 Å². The summed E-state index contributed by atoms with van der Waals surface area (Å²) in [6.45, 7) is 5.35. The van der Waals surface area contributed by atoms with Gasteiger partial charge in [0.2, 0.25) is 0 Å². The monoisotopic (exact) mass is 285 g/mol. The van der Waals surface area contributed by atoms with Crippen molar-refractivity contribution in [1.82, 2.24) is 5.32 Å². The summed E-state index contributed by atoms with van der Waals surface area (Å²) in [4.78, 5) is 0. The van der Waals surface area contributed by atoms with Gasteiger partial charge in [0.1, 0.15) is 0 Å². The Kier molecular flexibility index (Phi) is 4.74. The highest BCUT2D eigenvalue weighted by atomic mass is 19.4. The maximum absolute atomic E-state index is 12.5. The minimum atomic E-state index is -4.24. The maximum Gasteiger partial charge on any atom is 0.416 e. The molecule has 2 atom stereocenters. The van der Waals surface area contributed by atoms with Crippen LogP contribution in [0.1, 0.15) is 37.8 Å². The van der Waals surface area contributed by atoms with Gasteiger partial charge in [-0.05, 0) is 55.3 Å². The van der Waals surface area contributed by atoms with E-state index in [2.05, 4.69) is 19.2 Å². The van der Waals surface area contributed by atoms with Crippen molar-refractivity contribution in [3.63, 3.8) is 0 Å². The molecule has 1 aromatic carbocycles. The van der Waals surface area contributed by atoms with Gasteiger partial charge >= 0.3 is 6.18 Å². The van der Waals surface area contributed by atoms with Crippen molar-refractivity contribution in [3.05, 3.63) is 35.4 Å². The molecule has 0 heterocycles. The highest BCUT2D eigenvalue weighted by molar-refractivity contribution is 5.24. The van der Waals surface area contributed by atoms with Crippen LogP contribution in [0, 0.1) is 11.8 Å². The van der Waals surface area contributed by atoms with Gasteiger partial charge in [0.25, 0.3) is 0 Å². The van der Waals surface area contributed by atoms with Gasteiger partial charge in [-0.1, -0.05) is 26.0 Å². The maximum atomic E-state index is 12.5. The first-order valence-corrected chi connectivity index (χ1v) is 7.26. The van der Waals surface area contributed by atoms with Gasteiger partial charge in [-0.2, -0.15) is 13.2 Å². The Hall–Kier alpha value is -1.03. The fourth-order valence-corrected chi connectivity index (χ4v) is 2.24. The summed E-state index contributed by atoms with van der Waals surface area (Å²) < 4.78 is 37.5. The molecule has 0 spiro atoms. The Morgan fingerprint density at radius 2 is 1.70 bits per heavy atom. The van der Waals surface area contributed by atoms with Gasteiger partial charge in [-0.15, -0.1) is 0 Å². The van der Waals surface area contributed by atoms with E-state index < -0.39 is 11.7 Å². The molecule has 1 aliphatic carbocycles. The normalized spacial score (nSPS) is 18.9. The Bertz CT molecular complexity index is 420. The molecule has 1 aromatic rings. The van der Waals surface area contributed by atoms with Gasteiger partial charge in [0.05, 0.1) is 5.56 Å². The molecule has 1 saturated carbocycles. The highest BCUT2D eigenvalue weighted by Crippen LogP contribution is 2.29. The van der Waals surface area contributed by atoms with Crippen molar-refractivity contribution in [1.29, 1.82) is 0 Å². The molecule has 0 amide bonds. The first-order valence-electron chi connectivity index (χ1n) is 7.26. The van der Waals surface area contributed by atoms with Crippen molar-refractivity contribution >= 4 is 0 Å². The molecule has 1 aliphatic rings. The molecule has 0 radical (unpaired) electrons. The zero-order valence-corrected chi connectivity index (χ0v) is 12.0. The largest absolute Gasteiger partial charge is 0.416 e. The van der Waals surface area contributed by atoms with E-state index in [0.717, 1.165) is 18.5 Å². The van der Waals surface area contributed by atoms with E-state index in [1.54, 1.807) is 12.1 Å². The van der Waals surface area contributed by atoms with Gasteiger partial charge in [0.15, 0.2) is 0 Å². The van der Waals surface area contributed by atoms with Crippen molar-refractivity contribution in [3.8, 4) is 0 Å². The molecule has 0 aromatic heterocycles. The van der Waals surface area contributed by atoms with Crippen LogP contribution in [-0.4, -0.2) is 12.6 Å². The van der Waals surface area contributed by atoms with Crippen LogP contribution in [0.25, 0.3) is 0 Å². The van der Waals surface area contributed by atoms with E-state index in [1.807, 2.05) is 0 Å². The van der Waals surface area contributed by atoms with Crippen LogP contribution in [-0.2, 0) is 12.6 Å². The second-order valence-electron chi connectivity index (χ2n) is 6.04. The Morgan fingerprint density at radius 1 is 1.10 bits per heavy atom. The average molecular weight is 285 g/mol. The lowest BCUT2D eigenvalue weighted by Gasteiger charge is -2.20. The first-order chi connectivity index (χ1) is 9.36. The summed E-state index contributed by atoms with van der Waals surface area (Å²) in [6.07, 6.45) is -0.864. The molecule has 20 heavy (non-hydrogen) atoms. The molecule has 2 rings (SSSR count). The van der Waals surface area contributed by atoms with Crippen LogP contribution in [0.4, 0.5) is 13.2 Å². The van der Waals surface area contributed by atoms with Crippen molar-refractivity contribution < 1.29 is 13.2 Å². The molecule has 0 bridgehead atoms. The predicted molar refractivity (Wildman–Crippen MR) is 74.5 cm³/mol. The van der Waals surface area contributed by atoms with Crippen molar-refractivity contribution in [2.45, 2.75) is 45.3 Å². The molecule has 112 valence electrons. The number of hydrogen-bond acceptors (Lipinski definition) is 1. The molecule has 1 fully saturated rings. The van der Waals surface area contributed by atoms with Gasteiger partial charge < -0.3 is 5.32 Å². The summed E-state index contributed by atoms with van der Waals surface area (Å²) in [5, 5.41) is 3.50. The fourth-order valence-electron chi connectivity index (χ4n) is 2.24.